The first-order valence-corrected chi connectivity index (χ1v) is 9.40. The van der Waals surface area contributed by atoms with Crippen molar-refractivity contribution in [2.45, 2.75) is 25.7 Å². The van der Waals surface area contributed by atoms with E-state index in [1.807, 2.05) is 0 Å². The molecule has 150 valence electrons. The van der Waals surface area contributed by atoms with Gasteiger partial charge in [0.15, 0.2) is 0 Å². The Morgan fingerprint density at radius 1 is 1.24 bits per heavy atom. The fourth-order valence-corrected chi connectivity index (χ4v) is 3.45. The Labute approximate surface area is 166 Å². The van der Waals surface area contributed by atoms with Crippen molar-refractivity contribution in [3.63, 3.8) is 0 Å². The molecule has 4 N–H and O–H groups in total. The van der Waals surface area contributed by atoms with Crippen LogP contribution >= 0.6 is 0 Å². The second-order valence-electron chi connectivity index (χ2n) is 6.99. The zero-order valence-corrected chi connectivity index (χ0v) is 15.9. The first kappa shape index (κ1) is 19.0. The van der Waals surface area contributed by atoms with Crippen molar-refractivity contribution in [3.05, 3.63) is 69.6 Å². The lowest BCUT2D eigenvalue weighted by molar-refractivity contribution is 0.452. The van der Waals surface area contributed by atoms with Crippen LogP contribution in [0.15, 0.2) is 45.2 Å². The monoisotopic (exact) mass is 396 g/mol. The van der Waals surface area contributed by atoms with E-state index in [1.165, 1.54) is 12.1 Å². The van der Waals surface area contributed by atoms with Crippen molar-refractivity contribution >= 4 is 5.57 Å². The molecule has 0 unspecified atom stereocenters. The smallest absolute Gasteiger partial charge is 0.253 e. The van der Waals surface area contributed by atoms with E-state index in [4.69, 9.17) is 10.2 Å². The van der Waals surface area contributed by atoms with Crippen LogP contribution in [0.2, 0.25) is 0 Å². The highest BCUT2D eigenvalue weighted by Gasteiger charge is 2.23. The summed E-state index contributed by atoms with van der Waals surface area (Å²) in [6.45, 7) is 3.41. The van der Waals surface area contributed by atoms with Crippen molar-refractivity contribution in [2.24, 2.45) is 5.73 Å². The molecule has 2 aromatic heterocycles. The average Bonchev–Trinajstić information content (AvgIpc) is 3.17. The normalized spacial score (nSPS) is 15.9. The Morgan fingerprint density at radius 2 is 2.00 bits per heavy atom. The van der Waals surface area contributed by atoms with Crippen LogP contribution in [0, 0.1) is 5.82 Å². The van der Waals surface area contributed by atoms with E-state index in [0.29, 0.717) is 17.0 Å². The van der Waals surface area contributed by atoms with Crippen molar-refractivity contribution in [3.8, 4) is 11.5 Å². The summed E-state index contributed by atoms with van der Waals surface area (Å²) >= 11 is 0. The highest BCUT2D eigenvalue weighted by atomic mass is 19.1. The molecule has 1 aliphatic heterocycles. The molecule has 0 amide bonds. The third-order valence-electron chi connectivity index (χ3n) is 4.89. The summed E-state index contributed by atoms with van der Waals surface area (Å²) < 4.78 is 19.7. The van der Waals surface area contributed by atoms with Gasteiger partial charge >= 0.3 is 0 Å². The van der Waals surface area contributed by atoms with E-state index in [9.17, 15) is 9.18 Å². The number of nitrogens with one attached hydrogen (secondary N) is 2. The Bertz CT molecular complexity index is 1110. The molecule has 29 heavy (non-hydrogen) atoms. The van der Waals surface area contributed by atoms with E-state index in [0.717, 1.165) is 25.9 Å². The number of hydrogen-bond donors (Lipinski definition) is 3. The molecule has 3 aromatic rings. The summed E-state index contributed by atoms with van der Waals surface area (Å²) in [5.74, 6) is 0.0581. The maximum absolute atomic E-state index is 14.0. The number of piperidine rings is 1. The predicted octanol–water partition coefficient (Wildman–Crippen LogP) is 2.16. The number of rotatable bonds is 4. The van der Waals surface area contributed by atoms with E-state index >= 15 is 0 Å². The van der Waals surface area contributed by atoms with Crippen LogP contribution in [0.1, 0.15) is 43.1 Å². The molecule has 1 aliphatic rings. The van der Waals surface area contributed by atoms with Gasteiger partial charge in [0.1, 0.15) is 11.6 Å². The average molecular weight is 396 g/mol. The van der Waals surface area contributed by atoms with Gasteiger partial charge < -0.3 is 20.5 Å². The van der Waals surface area contributed by atoms with Crippen LogP contribution in [0.25, 0.3) is 17.0 Å². The lowest BCUT2D eigenvalue weighted by Gasteiger charge is -2.22. The van der Waals surface area contributed by atoms with Crippen molar-refractivity contribution in [2.75, 3.05) is 13.1 Å². The molecule has 0 spiro atoms. The van der Waals surface area contributed by atoms with Crippen molar-refractivity contribution in [1.29, 1.82) is 0 Å². The topological polar surface area (TPSA) is 123 Å². The van der Waals surface area contributed by atoms with Gasteiger partial charge in [0, 0.05) is 17.7 Å². The first-order valence-electron chi connectivity index (χ1n) is 9.40. The molecule has 9 heteroatoms. The highest BCUT2D eigenvalue weighted by Crippen LogP contribution is 2.28. The number of hydrogen-bond acceptors (Lipinski definition) is 7. The molecule has 0 aliphatic carbocycles. The minimum absolute atomic E-state index is 0.0220. The molecule has 0 radical (unpaired) electrons. The Morgan fingerprint density at radius 3 is 2.72 bits per heavy atom. The largest absolute Gasteiger partial charge is 0.416 e. The maximum Gasteiger partial charge on any atom is 0.253 e. The lowest BCUT2D eigenvalue weighted by Crippen LogP contribution is -2.28. The van der Waals surface area contributed by atoms with Crippen LogP contribution in [-0.4, -0.2) is 33.3 Å². The van der Waals surface area contributed by atoms with Crippen LogP contribution in [0.4, 0.5) is 4.39 Å². The van der Waals surface area contributed by atoms with Gasteiger partial charge in [-0.15, -0.1) is 10.2 Å². The minimum Gasteiger partial charge on any atom is -0.416 e. The summed E-state index contributed by atoms with van der Waals surface area (Å²) in [5.41, 5.74) is 7.35. The number of nitrogens with zero attached hydrogens (tertiary/aromatic N) is 3. The first-order chi connectivity index (χ1) is 14.0. The Balaban J connectivity index is 1.75. The van der Waals surface area contributed by atoms with Crippen LogP contribution in [0.5, 0.6) is 0 Å². The number of aromatic nitrogens is 4. The third kappa shape index (κ3) is 3.95. The number of aromatic amines is 1. The number of halogens is 1. The quantitative estimate of drug-likeness (QED) is 0.617. The second kappa shape index (κ2) is 7.96. The Kier molecular flexibility index (Phi) is 5.22. The fraction of sp³-hybridized carbons (Fsp3) is 0.300. The molecule has 1 saturated heterocycles. The molecule has 0 bridgehead atoms. The molecule has 4 rings (SSSR count). The van der Waals surface area contributed by atoms with Crippen molar-refractivity contribution < 1.29 is 8.81 Å². The van der Waals surface area contributed by atoms with E-state index in [2.05, 4.69) is 25.5 Å². The number of allylic oxidation sites excluding steroid dienone is 1. The summed E-state index contributed by atoms with van der Waals surface area (Å²) in [5, 5.41) is 11.2. The molecular formula is C20H21FN6O2. The van der Waals surface area contributed by atoms with Crippen LogP contribution in [-0.2, 0) is 0 Å². The van der Waals surface area contributed by atoms with Crippen LogP contribution < -0.4 is 16.6 Å². The molecule has 1 aromatic carbocycles. The predicted molar refractivity (Wildman–Crippen MR) is 105 cm³/mol. The highest BCUT2D eigenvalue weighted by molar-refractivity contribution is 5.73. The summed E-state index contributed by atoms with van der Waals surface area (Å²) in [7, 11) is 0. The van der Waals surface area contributed by atoms with Gasteiger partial charge in [0.2, 0.25) is 0 Å². The Hall–Kier alpha value is -3.33. The van der Waals surface area contributed by atoms with E-state index < -0.39 is 5.82 Å². The zero-order chi connectivity index (χ0) is 20.4. The maximum atomic E-state index is 14.0. The molecule has 0 atom stereocenters. The minimum atomic E-state index is -0.475. The van der Waals surface area contributed by atoms with Crippen molar-refractivity contribution in [1.82, 2.24) is 25.5 Å². The number of H-pyrrole nitrogens is 1. The third-order valence-corrected chi connectivity index (χ3v) is 4.89. The van der Waals surface area contributed by atoms with Gasteiger partial charge in [-0.25, -0.2) is 9.37 Å². The standard InChI is InChI=1S/C20H21FN6O2/c1-11(22)17(20-27-26-19(29-20)13-4-2-3-5-14(13)21)18-24-15(10-16(28)25-18)12-6-8-23-9-7-12/h2-5,10,12,23H,6-9,22H2,1H3,(H,24,25,28). The molecule has 3 heterocycles. The second-order valence-corrected chi connectivity index (χ2v) is 6.99. The molecular weight excluding hydrogens is 375 g/mol. The summed E-state index contributed by atoms with van der Waals surface area (Å²) in [6, 6.07) is 7.62. The van der Waals surface area contributed by atoms with E-state index in [1.54, 1.807) is 25.1 Å². The van der Waals surface area contributed by atoms with E-state index in [-0.39, 0.29) is 34.6 Å². The number of nitrogens with two attached hydrogens (primary N) is 1. The van der Waals surface area contributed by atoms with Gasteiger partial charge in [-0.3, -0.25) is 4.79 Å². The van der Waals surface area contributed by atoms with Gasteiger partial charge in [0.25, 0.3) is 17.3 Å². The van der Waals surface area contributed by atoms with Gasteiger partial charge in [-0.2, -0.15) is 0 Å². The summed E-state index contributed by atoms with van der Waals surface area (Å²) in [6.07, 6.45) is 1.79. The molecule has 1 fully saturated rings. The van der Waals surface area contributed by atoms with Gasteiger partial charge in [0.05, 0.1) is 16.8 Å². The zero-order valence-electron chi connectivity index (χ0n) is 15.9. The fourth-order valence-electron chi connectivity index (χ4n) is 3.45. The molecule has 0 saturated carbocycles. The lowest BCUT2D eigenvalue weighted by atomic mass is 9.94. The molecule has 8 nitrogen and oxygen atoms in total. The SMILES string of the molecule is CC(N)=C(c1nc(C2CCNCC2)cc(=O)[nH]1)c1nnc(-c2ccccc2F)o1. The summed E-state index contributed by atoms with van der Waals surface area (Å²) in [4.78, 5) is 19.6. The van der Waals surface area contributed by atoms with Gasteiger partial charge in [-0.1, -0.05) is 12.1 Å². The van der Waals surface area contributed by atoms with Gasteiger partial charge in [-0.05, 0) is 45.0 Å². The van der Waals surface area contributed by atoms with Crippen LogP contribution in [0.3, 0.4) is 0 Å². The number of benzene rings is 1.